The largest absolute Gasteiger partial charge is 0.464 e. The molecule has 1 atom stereocenters. The number of nitrogens with zero attached hydrogens (tertiary/aromatic N) is 6. The number of benzene rings is 4. The summed E-state index contributed by atoms with van der Waals surface area (Å²) in [4.78, 5) is 17.3. The number of imidazole rings is 2. The van der Waals surface area contributed by atoms with Crippen LogP contribution in [0.1, 0.15) is 52.3 Å². The third-order valence-corrected chi connectivity index (χ3v) is 12.2. The van der Waals surface area contributed by atoms with Gasteiger partial charge >= 0.3 is 0 Å². The molecule has 1 aliphatic rings. The van der Waals surface area contributed by atoms with E-state index in [0.29, 0.717) is 5.92 Å². The molecule has 0 spiro atoms. The number of furan rings is 1. The Kier molecular flexibility index (Phi) is 11.0. The second kappa shape index (κ2) is 16.7. The van der Waals surface area contributed by atoms with Crippen molar-refractivity contribution < 1.29 is 4.42 Å². The number of pyridine rings is 1. The highest BCUT2D eigenvalue weighted by Gasteiger charge is 2.24. The van der Waals surface area contributed by atoms with E-state index in [4.69, 9.17) is 37.6 Å². The van der Waals surface area contributed by atoms with Crippen LogP contribution in [0.25, 0.3) is 33.4 Å². The molecular weight excluding hydrogens is 747 g/mol. The van der Waals surface area contributed by atoms with E-state index in [9.17, 15) is 0 Å². The topological polar surface area (TPSA) is 64.9 Å². The fourth-order valence-corrected chi connectivity index (χ4v) is 8.71. The molecule has 288 valence electrons. The number of hydrogen-bond donors (Lipinski definition) is 0. The van der Waals surface area contributed by atoms with Crippen LogP contribution in [0, 0.1) is 12.8 Å². The standard InChI is InChI=1S/C48H46Cl2N6O/c1-33-27-42-45(56(32-36-6-13-41(50)14-7-36)48(52-42)16-8-34-18-22-51-23-19-34)29-38(33)21-25-54-24-20-37(30-54)9-17-47-53-43-28-39(46-3-2-26-57-46)10-15-44(43)55(47)31-35-4-11-40(49)12-5-35/h2-7,10-15,18-19,22-23,26-29,37H,8-9,16-17,20-21,24-25,30-32H2,1H3. The third kappa shape index (κ3) is 8.57. The Morgan fingerprint density at radius 3 is 2.07 bits per heavy atom. The SMILES string of the molecule is Cc1cc2nc(CCc3ccncc3)n(Cc3ccc(Cl)cc3)c2cc1CCN1CCC(CCc2nc3cc(-c4ccco4)ccc3n2Cc2ccc(Cl)cc2)C1. The Balaban J connectivity index is 0.888. The van der Waals surface area contributed by atoms with Crippen LogP contribution in [0.3, 0.4) is 0 Å². The lowest BCUT2D eigenvalue weighted by atomic mass is 10.0. The zero-order chi connectivity index (χ0) is 38.7. The molecule has 1 aliphatic heterocycles. The van der Waals surface area contributed by atoms with Crippen molar-refractivity contribution in [1.82, 2.24) is 29.0 Å². The van der Waals surface area contributed by atoms with E-state index in [0.717, 1.165) is 114 Å². The summed E-state index contributed by atoms with van der Waals surface area (Å²) in [6, 6.07) is 35.6. The molecule has 0 saturated carbocycles. The van der Waals surface area contributed by atoms with Crippen molar-refractivity contribution in [3.63, 3.8) is 0 Å². The molecule has 5 heterocycles. The summed E-state index contributed by atoms with van der Waals surface area (Å²) in [6.45, 7) is 7.06. The van der Waals surface area contributed by atoms with Crippen LogP contribution < -0.4 is 0 Å². The van der Waals surface area contributed by atoms with Crippen molar-refractivity contribution in [3.05, 3.63) is 171 Å². The van der Waals surface area contributed by atoms with Crippen molar-refractivity contribution in [2.45, 2.75) is 58.5 Å². The highest BCUT2D eigenvalue weighted by molar-refractivity contribution is 6.30. The maximum absolute atomic E-state index is 6.25. The summed E-state index contributed by atoms with van der Waals surface area (Å²) in [7, 11) is 0. The van der Waals surface area contributed by atoms with Crippen molar-refractivity contribution >= 4 is 45.3 Å². The van der Waals surface area contributed by atoms with Crippen molar-refractivity contribution in [1.29, 1.82) is 0 Å². The minimum atomic E-state index is 0.639. The Morgan fingerprint density at radius 1 is 0.684 bits per heavy atom. The normalized spacial score (nSPS) is 14.7. The molecule has 9 rings (SSSR count). The molecule has 4 aromatic carbocycles. The second-order valence-corrected chi connectivity index (χ2v) is 16.4. The summed E-state index contributed by atoms with van der Waals surface area (Å²) in [5, 5.41) is 1.50. The predicted octanol–water partition coefficient (Wildman–Crippen LogP) is 11.0. The van der Waals surface area contributed by atoms with Gasteiger partial charge in [0.2, 0.25) is 0 Å². The molecule has 0 bridgehead atoms. The number of halogens is 2. The van der Waals surface area contributed by atoms with Crippen LogP contribution in [0.15, 0.2) is 126 Å². The molecule has 1 fully saturated rings. The van der Waals surface area contributed by atoms with Gasteiger partial charge in [0.1, 0.15) is 17.4 Å². The summed E-state index contributed by atoms with van der Waals surface area (Å²) in [6.07, 6.45) is 11.5. The van der Waals surface area contributed by atoms with Crippen LogP contribution in [0.4, 0.5) is 0 Å². The average molecular weight is 794 g/mol. The molecule has 4 aromatic heterocycles. The first-order chi connectivity index (χ1) is 27.9. The Labute approximate surface area is 343 Å². The molecule has 7 nitrogen and oxygen atoms in total. The van der Waals surface area contributed by atoms with Gasteiger partial charge in [-0.3, -0.25) is 4.98 Å². The summed E-state index contributed by atoms with van der Waals surface area (Å²) < 4.78 is 10.5. The van der Waals surface area contributed by atoms with Crippen LogP contribution >= 0.6 is 23.2 Å². The van der Waals surface area contributed by atoms with Crippen molar-refractivity contribution in [2.24, 2.45) is 5.92 Å². The molecule has 57 heavy (non-hydrogen) atoms. The minimum Gasteiger partial charge on any atom is -0.464 e. The number of fused-ring (bicyclic) bond motifs is 2. The summed E-state index contributed by atoms with van der Waals surface area (Å²) >= 11 is 12.5. The maximum Gasteiger partial charge on any atom is 0.133 e. The van der Waals surface area contributed by atoms with E-state index >= 15 is 0 Å². The Morgan fingerprint density at radius 2 is 1.37 bits per heavy atom. The molecule has 0 aliphatic carbocycles. The Hall–Kier alpha value is -5.21. The number of likely N-dealkylation sites (tertiary alicyclic amines) is 1. The van der Waals surface area contributed by atoms with E-state index in [1.54, 1.807) is 6.26 Å². The fraction of sp³-hybridized carbons (Fsp3) is 0.271. The Bertz CT molecular complexity index is 2600. The molecule has 0 radical (unpaired) electrons. The van der Waals surface area contributed by atoms with Gasteiger partial charge in [-0.25, -0.2) is 9.97 Å². The number of aryl methyl sites for hydroxylation is 4. The van der Waals surface area contributed by atoms with E-state index in [1.165, 1.54) is 39.8 Å². The van der Waals surface area contributed by atoms with Crippen LogP contribution in [-0.2, 0) is 38.8 Å². The van der Waals surface area contributed by atoms with Crippen molar-refractivity contribution in [3.8, 4) is 11.3 Å². The first-order valence-electron chi connectivity index (χ1n) is 20.0. The molecule has 1 unspecified atom stereocenters. The molecule has 9 heteroatoms. The molecule has 1 saturated heterocycles. The smallest absolute Gasteiger partial charge is 0.133 e. The zero-order valence-corrected chi connectivity index (χ0v) is 33.8. The van der Waals surface area contributed by atoms with Crippen molar-refractivity contribution in [2.75, 3.05) is 19.6 Å². The van der Waals surface area contributed by atoms with Crippen LogP contribution in [0.5, 0.6) is 0 Å². The predicted molar refractivity (Wildman–Crippen MR) is 231 cm³/mol. The fourth-order valence-electron chi connectivity index (χ4n) is 8.46. The first kappa shape index (κ1) is 37.4. The molecule has 8 aromatic rings. The van der Waals surface area contributed by atoms with Gasteiger partial charge in [-0.2, -0.15) is 0 Å². The van der Waals surface area contributed by atoms with Gasteiger partial charge in [0, 0.05) is 67.0 Å². The zero-order valence-electron chi connectivity index (χ0n) is 32.2. The first-order valence-corrected chi connectivity index (χ1v) is 20.8. The van der Waals surface area contributed by atoms with Gasteiger partial charge < -0.3 is 18.5 Å². The van der Waals surface area contributed by atoms with E-state index < -0.39 is 0 Å². The van der Waals surface area contributed by atoms with Gasteiger partial charge in [0.05, 0.1) is 28.3 Å². The van der Waals surface area contributed by atoms with E-state index in [1.807, 2.05) is 48.8 Å². The molecule has 0 N–H and O–H groups in total. The maximum atomic E-state index is 6.25. The summed E-state index contributed by atoms with van der Waals surface area (Å²) in [5.74, 6) is 3.74. The lowest BCUT2D eigenvalue weighted by molar-refractivity contribution is 0.324. The van der Waals surface area contributed by atoms with Gasteiger partial charge in [0.25, 0.3) is 0 Å². The third-order valence-electron chi connectivity index (χ3n) is 11.7. The van der Waals surface area contributed by atoms with E-state index in [-0.39, 0.29) is 0 Å². The number of rotatable bonds is 14. The number of hydrogen-bond acceptors (Lipinski definition) is 5. The highest BCUT2D eigenvalue weighted by Crippen LogP contribution is 2.30. The second-order valence-electron chi connectivity index (χ2n) is 15.5. The molecular formula is C48H46Cl2N6O. The molecule has 0 amide bonds. The lowest BCUT2D eigenvalue weighted by Crippen LogP contribution is -2.24. The van der Waals surface area contributed by atoms with E-state index in [2.05, 4.69) is 92.7 Å². The van der Waals surface area contributed by atoms with Gasteiger partial charge in [-0.15, -0.1) is 0 Å². The summed E-state index contributed by atoms with van der Waals surface area (Å²) in [5.41, 5.74) is 11.9. The monoisotopic (exact) mass is 792 g/mol. The van der Waals surface area contributed by atoms with Crippen LogP contribution in [0.2, 0.25) is 10.0 Å². The van der Waals surface area contributed by atoms with Gasteiger partial charge in [-0.05, 0) is 152 Å². The van der Waals surface area contributed by atoms with Gasteiger partial charge in [0.15, 0.2) is 0 Å². The van der Waals surface area contributed by atoms with Gasteiger partial charge in [-0.1, -0.05) is 47.5 Å². The quantitative estimate of drug-likeness (QED) is 0.110. The van der Waals surface area contributed by atoms with Crippen LogP contribution in [-0.4, -0.2) is 48.6 Å². The number of aromatic nitrogens is 5. The average Bonchev–Trinajstić information content (AvgIpc) is 4.05. The lowest BCUT2D eigenvalue weighted by Gasteiger charge is -2.17. The minimum absolute atomic E-state index is 0.639. The highest BCUT2D eigenvalue weighted by atomic mass is 35.5.